The molecule has 0 saturated carbocycles. The number of aliphatic carboxylic acids is 4. The van der Waals surface area contributed by atoms with Crippen molar-refractivity contribution in [3.8, 4) is 0 Å². The van der Waals surface area contributed by atoms with Gasteiger partial charge in [-0.15, -0.1) is 0 Å². The maximum atomic E-state index is 12.5. The van der Waals surface area contributed by atoms with Crippen molar-refractivity contribution < 1.29 is 87.3 Å². The topological polar surface area (TPSA) is 376 Å². The van der Waals surface area contributed by atoms with Gasteiger partial charge in [-0.05, 0) is 58.4 Å². The molecule has 0 saturated heterocycles. The molecule has 0 aromatic rings. The Kier molecular flexibility index (Phi) is 33.6. The van der Waals surface area contributed by atoms with Crippen LogP contribution in [0.4, 0.5) is 0 Å². The van der Waals surface area contributed by atoms with Crippen molar-refractivity contribution in [1.82, 2.24) is 42.1 Å². The Bertz CT molecular complexity index is 1750. The zero-order valence-electron chi connectivity index (χ0n) is 41.1. The Morgan fingerprint density at radius 2 is 0.944 bits per heavy atom. The fourth-order valence-electron chi connectivity index (χ4n) is 6.88. The van der Waals surface area contributed by atoms with E-state index >= 15 is 0 Å². The smallest absolute Gasteiger partial charge is 0.326 e. The molecule has 0 aromatic carbocycles. The molecule has 0 bridgehead atoms. The van der Waals surface area contributed by atoms with E-state index in [1.807, 2.05) is 13.8 Å². The Morgan fingerprint density at radius 1 is 0.493 bits per heavy atom. The Morgan fingerprint density at radius 3 is 1.42 bits per heavy atom. The zero-order chi connectivity index (χ0) is 53.0. The molecule has 0 aliphatic carbocycles. The standard InChI is InChI=1S/C45H76N8O18/c1-4-6-7-11-37(56)50-31(43(62)63)13-16-36(55)48-19-21-68-23-25-70-28-39(58)49-20-22-69-24-26-71-29-40(59)52-33(45(66)67)14-17-38(57)51-32(44(64)65)12-15-35(54)47-18-9-8-10-30(46-3)42-34(5-2)53(42)27-41(60)61/h30-33,46H,4-29H2,1-3H3,(H,47,54)(H,48,55)(H,49,58)(H,50,56)(H,51,57)(H,52,59)(H,60,61)(H,62,63)(H,64,65)(H,66,67). The highest BCUT2D eigenvalue weighted by atomic mass is 16.5. The van der Waals surface area contributed by atoms with Crippen LogP contribution in [-0.2, 0) is 66.9 Å². The Balaban J connectivity index is 2.14. The molecule has 11 N–H and O–H groups in total. The van der Waals surface area contributed by atoms with E-state index in [0.717, 1.165) is 43.5 Å². The first-order chi connectivity index (χ1) is 33.9. The molecule has 4 unspecified atom stereocenters. The van der Waals surface area contributed by atoms with Crippen molar-refractivity contribution in [2.75, 3.05) is 86.1 Å². The molecular weight excluding hydrogens is 941 g/mol. The van der Waals surface area contributed by atoms with Crippen LogP contribution in [0.2, 0.25) is 0 Å². The van der Waals surface area contributed by atoms with E-state index in [1.54, 1.807) is 11.9 Å². The number of carboxylic acids is 4. The molecule has 1 aliphatic rings. The van der Waals surface area contributed by atoms with Crippen LogP contribution in [0.25, 0.3) is 0 Å². The molecule has 0 radical (unpaired) electrons. The van der Waals surface area contributed by atoms with Crippen LogP contribution in [0, 0.1) is 0 Å². The minimum absolute atomic E-state index is 0.0126. The summed E-state index contributed by atoms with van der Waals surface area (Å²) in [4.78, 5) is 121. The normalized spacial score (nSPS) is 13.5. The number of carbonyl (C=O) groups is 10. The SMILES string of the molecule is CCCCCC(=O)NC(CCC(=O)NCCOCCOCC(=O)NCCOCCOCC(=O)NC(CCC(=O)NC(CCC(=O)NCCCCC(NC)C1=C(CC)N1CC(=O)O)C(=O)O)C(=O)O)C(=O)O. The van der Waals surface area contributed by atoms with Gasteiger partial charge in [-0.1, -0.05) is 26.7 Å². The lowest BCUT2D eigenvalue weighted by molar-refractivity contribution is -0.144. The minimum Gasteiger partial charge on any atom is -0.480 e. The van der Waals surface area contributed by atoms with Gasteiger partial charge in [0.25, 0.3) is 0 Å². The molecule has 404 valence electrons. The molecular formula is C45H76N8O18. The van der Waals surface area contributed by atoms with E-state index in [-0.39, 0.29) is 122 Å². The average molecular weight is 1020 g/mol. The number of unbranched alkanes of at least 4 members (excludes halogenated alkanes) is 3. The van der Waals surface area contributed by atoms with E-state index in [1.165, 1.54) is 0 Å². The molecule has 0 aromatic heterocycles. The third-order valence-corrected chi connectivity index (χ3v) is 10.6. The van der Waals surface area contributed by atoms with Gasteiger partial charge in [-0.2, -0.15) is 0 Å². The van der Waals surface area contributed by atoms with E-state index < -0.39 is 78.7 Å². The van der Waals surface area contributed by atoms with Gasteiger partial charge in [-0.3, -0.25) is 33.6 Å². The van der Waals surface area contributed by atoms with Crippen LogP contribution in [0.3, 0.4) is 0 Å². The lowest BCUT2D eigenvalue weighted by Crippen LogP contribution is -2.45. The predicted octanol–water partition coefficient (Wildman–Crippen LogP) is -1.19. The lowest BCUT2D eigenvalue weighted by atomic mass is 10.1. The maximum absolute atomic E-state index is 12.5. The van der Waals surface area contributed by atoms with Crippen LogP contribution in [0.15, 0.2) is 11.4 Å². The second-order valence-electron chi connectivity index (χ2n) is 16.3. The largest absolute Gasteiger partial charge is 0.480 e. The highest BCUT2D eigenvalue weighted by Gasteiger charge is 2.37. The number of allylic oxidation sites excluding steroid dienone is 1. The summed E-state index contributed by atoms with van der Waals surface area (Å²) >= 11 is 0. The highest BCUT2D eigenvalue weighted by Crippen LogP contribution is 2.37. The summed E-state index contributed by atoms with van der Waals surface area (Å²) in [6.45, 7) is 4.25. The molecule has 71 heavy (non-hydrogen) atoms. The van der Waals surface area contributed by atoms with Crippen LogP contribution in [-0.4, -0.2) is 195 Å². The number of nitrogens with one attached hydrogen (secondary N) is 7. The van der Waals surface area contributed by atoms with Gasteiger partial charge in [-0.25, -0.2) is 14.4 Å². The van der Waals surface area contributed by atoms with Gasteiger partial charge in [0, 0.05) is 57.1 Å². The number of likely N-dealkylation sites (N-methyl/N-ethyl adjacent to an activating group) is 1. The summed E-state index contributed by atoms with van der Waals surface area (Å²) in [5.74, 6) is -8.09. The number of hydrogen-bond acceptors (Lipinski definition) is 16. The fraction of sp³-hybridized carbons (Fsp3) is 0.733. The van der Waals surface area contributed by atoms with Crippen LogP contribution < -0.4 is 37.2 Å². The van der Waals surface area contributed by atoms with Crippen molar-refractivity contribution in [3.05, 3.63) is 11.4 Å². The van der Waals surface area contributed by atoms with Gasteiger partial charge >= 0.3 is 23.9 Å². The van der Waals surface area contributed by atoms with Crippen LogP contribution in [0.5, 0.6) is 0 Å². The van der Waals surface area contributed by atoms with Crippen molar-refractivity contribution >= 4 is 59.3 Å². The lowest BCUT2D eigenvalue weighted by Gasteiger charge is -2.17. The second-order valence-corrected chi connectivity index (χ2v) is 16.3. The summed E-state index contributed by atoms with van der Waals surface area (Å²) in [6.07, 6.45) is 4.14. The molecule has 26 nitrogen and oxygen atoms in total. The number of hydrogen-bond donors (Lipinski definition) is 11. The van der Waals surface area contributed by atoms with E-state index in [4.69, 9.17) is 24.1 Å². The van der Waals surface area contributed by atoms with Gasteiger partial charge in [0.1, 0.15) is 37.9 Å². The van der Waals surface area contributed by atoms with E-state index in [2.05, 4.69) is 37.2 Å². The minimum atomic E-state index is -1.48. The number of ether oxygens (including phenoxy) is 4. The number of amides is 6. The molecule has 4 atom stereocenters. The van der Waals surface area contributed by atoms with Crippen LogP contribution >= 0.6 is 0 Å². The third-order valence-electron chi connectivity index (χ3n) is 10.6. The van der Waals surface area contributed by atoms with Crippen molar-refractivity contribution in [1.29, 1.82) is 0 Å². The second kappa shape index (κ2) is 37.8. The number of carbonyl (C=O) groups excluding carboxylic acids is 6. The molecule has 1 aliphatic heterocycles. The molecule has 1 rings (SSSR count). The Hall–Kier alpha value is -5.96. The number of nitrogens with zero attached hydrogens (tertiary/aromatic N) is 1. The summed E-state index contributed by atoms with van der Waals surface area (Å²) in [5, 5.41) is 55.7. The van der Waals surface area contributed by atoms with Crippen LogP contribution in [0.1, 0.15) is 104 Å². The van der Waals surface area contributed by atoms with E-state index in [9.17, 15) is 63.3 Å². The highest BCUT2D eigenvalue weighted by molar-refractivity contribution is 5.87. The number of rotatable bonds is 45. The van der Waals surface area contributed by atoms with Crippen molar-refractivity contribution in [2.45, 2.75) is 128 Å². The quantitative estimate of drug-likeness (QED) is 0.0320. The average Bonchev–Trinajstić information content (AvgIpc) is 4.00. The molecule has 0 spiro atoms. The molecule has 26 heteroatoms. The molecule has 0 fully saturated rings. The van der Waals surface area contributed by atoms with Gasteiger partial charge < -0.3 is 81.5 Å². The summed E-state index contributed by atoms with van der Waals surface area (Å²) < 4.78 is 21.1. The van der Waals surface area contributed by atoms with Crippen molar-refractivity contribution in [3.63, 3.8) is 0 Å². The van der Waals surface area contributed by atoms with E-state index in [0.29, 0.717) is 19.4 Å². The third kappa shape index (κ3) is 30.4. The Labute approximate surface area is 413 Å². The fourth-order valence-corrected chi connectivity index (χ4v) is 6.88. The molecule has 6 amide bonds. The van der Waals surface area contributed by atoms with Gasteiger partial charge in [0.2, 0.25) is 35.4 Å². The van der Waals surface area contributed by atoms with Crippen molar-refractivity contribution in [2.24, 2.45) is 0 Å². The predicted molar refractivity (Wildman–Crippen MR) is 251 cm³/mol. The first-order valence-electron chi connectivity index (χ1n) is 24.0. The van der Waals surface area contributed by atoms with Gasteiger partial charge in [0.15, 0.2) is 0 Å². The maximum Gasteiger partial charge on any atom is 0.326 e. The monoisotopic (exact) mass is 1020 g/mol. The first kappa shape index (κ1) is 63.1. The zero-order valence-corrected chi connectivity index (χ0v) is 41.1. The summed E-state index contributed by atoms with van der Waals surface area (Å²) in [7, 11) is 1.80. The molecule has 1 heterocycles. The summed E-state index contributed by atoms with van der Waals surface area (Å²) in [6, 6.07) is -4.06. The summed E-state index contributed by atoms with van der Waals surface area (Å²) in [5.41, 5.74) is 1.99. The van der Waals surface area contributed by atoms with Gasteiger partial charge in [0.05, 0.1) is 45.3 Å². The first-order valence-corrected chi connectivity index (χ1v) is 24.0. The number of carboxylic acid groups (broad SMARTS) is 4.